The number of amidine groups is 1. The van der Waals surface area contributed by atoms with Crippen molar-refractivity contribution >= 4 is 23.1 Å². The number of carbonyl (C=O) groups excluding carboxylic acids is 1. The van der Waals surface area contributed by atoms with Crippen LogP contribution >= 0.6 is 0 Å². The second kappa shape index (κ2) is 5.85. The Labute approximate surface area is 153 Å². The second-order valence-corrected chi connectivity index (χ2v) is 6.74. The number of fused-ring (bicyclic) bond motifs is 3. The van der Waals surface area contributed by atoms with E-state index in [4.69, 9.17) is 4.94 Å². The lowest BCUT2D eigenvalue weighted by atomic mass is 9.93. The van der Waals surface area contributed by atoms with Gasteiger partial charge in [-0.2, -0.15) is 10.0 Å². The first-order chi connectivity index (χ1) is 12.5. The van der Waals surface area contributed by atoms with Gasteiger partial charge in [-0.05, 0) is 67.2 Å². The molecule has 0 spiro atoms. The van der Waals surface area contributed by atoms with E-state index in [1.54, 1.807) is 5.01 Å². The Morgan fingerprint density at radius 3 is 2.27 bits per heavy atom. The number of hydrogen-bond donors (Lipinski definition) is 0. The molecule has 4 rings (SSSR count). The van der Waals surface area contributed by atoms with Crippen molar-refractivity contribution in [2.45, 2.75) is 41.0 Å². The molecule has 26 heavy (non-hydrogen) atoms. The Bertz CT molecular complexity index is 925. The molecule has 1 amide bonds. The summed E-state index contributed by atoms with van der Waals surface area (Å²) in [6, 6.07) is 9.95. The maximum atomic E-state index is 12.5. The van der Waals surface area contributed by atoms with E-state index in [-0.39, 0.29) is 5.91 Å². The van der Waals surface area contributed by atoms with Crippen molar-refractivity contribution < 1.29 is 9.73 Å². The minimum atomic E-state index is -0.0507. The van der Waals surface area contributed by atoms with E-state index in [9.17, 15) is 4.79 Å². The van der Waals surface area contributed by atoms with Crippen LogP contribution in [0.4, 0.5) is 11.4 Å². The number of amides is 1. The van der Waals surface area contributed by atoms with Gasteiger partial charge in [0.25, 0.3) is 0 Å². The Morgan fingerprint density at radius 2 is 1.65 bits per heavy atom. The van der Waals surface area contributed by atoms with Crippen molar-refractivity contribution in [3.63, 3.8) is 0 Å². The van der Waals surface area contributed by atoms with Crippen LogP contribution < -0.4 is 10.0 Å². The molecule has 2 aliphatic rings. The summed E-state index contributed by atoms with van der Waals surface area (Å²) >= 11 is 0. The third kappa shape index (κ3) is 2.15. The summed E-state index contributed by atoms with van der Waals surface area (Å²) in [6.45, 7) is 10.2. The zero-order chi connectivity index (χ0) is 18.6. The molecule has 6 heteroatoms. The molecule has 2 heterocycles. The van der Waals surface area contributed by atoms with Crippen molar-refractivity contribution in [3.8, 4) is 0 Å². The first-order valence-corrected chi connectivity index (χ1v) is 8.80. The lowest BCUT2D eigenvalue weighted by molar-refractivity contribution is -0.158. The van der Waals surface area contributed by atoms with Gasteiger partial charge in [0, 0.05) is 12.0 Å². The van der Waals surface area contributed by atoms with Crippen LogP contribution in [0.1, 0.15) is 41.2 Å². The van der Waals surface area contributed by atoms with Gasteiger partial charge in [0.15, 0.2) is 0 Å². The summed E-state index contributed by atoms with van der Waals surface area (Å²) in [5.74, 6) is 0.649. The van der Waals surface area contributed by atoms with E-state index >= 15 is 0 Å². The van der Waals surface area contributed by atoms with Gasteiger partial charge in [-0.1, -0.05) is 25.1 Å². The number of benzene rings is 2. The molecular weight excluding hydrogens is 328 g/mol. The number of nitrogens with zero attached hydrogens (tertiary/aromatic N) is 4. The van der Waals surface area contributed by atoms with Crippen LogP contribution in [0.5, 0.6) is 0 Å². The molecule has 0 aromatic heterocycles. The molecule has 0 atom stereocenters. The molecule has 6 nitrogen and oxygen atoms in total. The molecule has 2 aromatic rings. The van der Waals surface area contributed by atoms with Crippen LogP contribution in [0.25, 0.3) is 0 Å². The van der Waals surface area contributed by atoms with Crippen LogP contribution in [0.2, 0.25) is 0 Å². The number of carbonyl (C=O) groups is 1. The van der Waals surface area contributed by atoms with Gasteiger partial charge in [-0.25, -0.2) is 0 Å². The molecule has 0 radical (unpaired) electrons. The average Bonchev–Trinajstić information content (AvgIpc) is 3.18. The van der Waals surface area contributed by atoms with E-state index in [2.05, 4.69) is 38.9 Å². The Kier molecular flexibility index (Phi) is 3.73. The van der Waals surface area contributed by atoms with E-state index < -0.39 is 0 Å². The predicted molar refractivity (Wildman–Crippen MR) is 102 cm³/mol. The van der Waals surface area contributed by atoms with Crippen molar-refractivity contribution in [2.75, 3.05) is 10.0 Å². The van der Waals surface area contributed by atoms with Gasteiger partial charge in [0.2, 0.25) is 11.7 Å². The highest BCUT2D eigenvalue weighted by Crippen LogP contribution is 2.43. The standard InChI is InChI=1S/C20H22N4O2/c1-6-18(25)22-16-9-7-8-10-17(16)23-20(21-26-24(22)23)19-14(4)12(2)11-13(3)15(19)5/h7-11H,6H2,1-5H3. The Balaban J connectivity index is 1.89. The molecule has 0 bridgehead atoms. The van der Waals surface area contributed by atoms with Gasteiger partial charge >= 0.3 is 0 Å². The molecule has 0 saturated heterocycles. The van der Waals surface area contributed by atoms with Gasteiger partial charge in [0.05, 0.1) is 16.7 Å². The number of oxime groups is 1. The molecule has 0 aliphatic carbocycles. The number of hydrogen-bond acceptors (Lipinski definition) is 5. The normalized spacial score (nSPS) is 15.7. The molecular formula is C20H22N4O2. The zero-order valence-electron chi connectivity index (χ0n) is 15.7. The summed E-state index contributed by atoms with van der Waals surface area (Å²) in [5.41, 5.74) is 7.46. The number of hydrazine groups is 2. The minimum Gasteiger partial charge on any atom is -0.273 e. The number of para-hydroxylation sites is 2. The fourth-order valence-corrected chi connectivity index (χ4v) is 3.56. The third-order valence-electron chi connectivity index (χ3n) is 5.21. The highest BCUT2D eigenvalue weighted by atomic mass is 16.9. The maximum Gasteiger partial charge on any atom is 0.245 e. The van der Waals surface area contributed by atoms with Crippen LogP contribution in [-0.2, 0) is 9.73 Å². The van der Waals surface area contributed by atoms with Gasteiger partial charge in [0.1, 0.15) is 0 Å². The number of anilines is 2. The first kappa shape index (κ1) is 16.6. The topological polar surface area (TPSA) is 48.4 Å². The first-order valence-electron chi connectivity index (χ1n) is 8.80. The predicted octanol–water partition coefficient (Wildman–Crippen LogP) is 3.92. The fraction of sp³-hybridized carbons (Fsp3) is 0.300. The second-order valence-electron chi connectivity index (χ2n) is 6.74. The minimum absolute atomic E-state index is 0.0507. The van der Waals surface area contributed by atoms with Crippen LogP contribution in [-0.4, -0.2) is 17.0 Å². The quantitative estimate of drug-likeness (QED) is 0.824. The number of aryl methyl sites for hydroxylation is 2. The van der Waals surface area contributed by atoms with E-state index in [0.29, 0.717) is 12.3 Å². The van der Waals surface area contributed by atoms with Crippen molar-refractivity contribution in [3.05, 3.63) is 58.1 Å². The van der Waals surface area contributed by atoms with Crippen LogP contribution in [0.3, 0.4) is 0 Å². The Hall–Kier alpha value is -2.86. The van der Waals surface area contributed by atoms with Crippen molar-refractivity contribution in [1.82, 2.24) is 5.28 Å². The molecule has 2 aliphatic heterocycles. The molecule has 0 saturated carbocycles. The molecule has 0 fully saturated rings. The zero-order valence-corrected chi connectivity index (χ0v) is 15.7. The van der Waals surface area contributed by atoms with Crippen molar-refractivity contribution in [2.24, 2.45) is 5.16 Å². The average molecular weight is 350 g/mol. The van der Waals surface area contributed by atoms with Gasteiger partial charge in [-0.15, -0.1) is 0 Å². The Morgan fingerprint density at radius 1 is 1.04 bits per heavy atom. The largest absolute Gasteiger partial charge is 0.273 e. The van der Waals surface area contributed by atoms with E-state index in [1.165, 1.54) is 16.4 Å². The lowest BCUT2D eigenvalue weighted by Crippen LogP contribution is -2.49. The van der Waals surface area contributed by atoms with Gasteiger partial charge in [-0.3, -0.25) is 9.73 Å². The summed E-state index contributed by atoms with van der Waals surface area (Å²) in [7, 11) is 0. The molecule has 2 aromatic carbocycles. The summed E-state index contributed by atoms with van der Waals surface area (Å²) in [6.07, 6.45) is 0.374. The van der Waals surface area contributed by atoms with E-state index in [0.717, 1.165) is 28.1 Å². The van der Waals surface area contributed by atoms with Crippen molar-refractivity contribution in [1.29, 1.82) is 0 Å². The summed E-state index contributed by atoms with van der Waals surface area (Å²) in [5, 5.41) is 9.19. The summed E-state index contributed by atoms with van der Waals surface area (Å²) in [4.78, 5) is 18.1. The highest BCUT2D eigenvalue weighted by molar-refractivity contribution is 6.16. The van der Waals surface area contributed by atoms with E-state index in [1.807, 2.05) is 36.2 Å². The maximum absolute atomic E-state index is 12.5. The molecule has 134 valence electrons. The van der Waals surface area contributed by atoms with Gasteiger partial charge < -0.3 is 0 Å². The SMILES string of the molecule is CCC(=O)N1c2ccccc2N2C(c3c(C)c(C)cc(C)c3C)=NON12. The van der Waals surface area contributed by atoms with Crippen LogP contribution in [0, 0.1) is 27.7 Å². The number of rotatable bonds is 2. The monoisotopic (exact) mass is 350 g/mol. The smallest absolute Gasteiger partial charge is 0.245 e. The third-order valence-corrected chi connectivity index (χ3v) is 5.21. The molecule has 0 N–H and O–H groups in total. The fourth-order valence-electron chi connectivity index (χ4n) is 3.56. The molecule has 0 unspecified atom stereocenters. The summed E-state index contributed by atoms with van der Waals surface area (Å²) < 4.78 is 0. The van der Waals surface area contributed by atoms with Crippen LogP contribution in [0.15, 0.2) is 35.5 Å². The highest BCUT2D eigenvalue weighted by Gasteiger charge is 2.46. The lowest BCUT2D eigenvalue weighted by Gasteiger charge is -2.25.